The number of alkyl halides is 1. The highest BCUT2D eigenvalue weighted by Gasteiger charge is 2.31. The maximum Gasteiger partial charge on any atom is 0.145 e. The lowest BCUT2D eigenvalue weighted by molar-refractivity contribution is -0.109. The Morgan fingerprint density at radius 2 is 1.84 bits per heavy atom. The first-order valence-corrected chi connectivity index (χ1v) is 5.99. The van der Waals surface area contributed by atoms with Crippen LogP contribution in [-0.4, -0.2) is 11.3 Å². The first-order chi connectivity index (χ1) is 8.56. The van der Waals surface area contributed by atoms with Gasteiger partial charge >= 0.3 is 0 Å². The molecule has 1 atom stereocenters. The Bertz CT molecular complexity index is 577. The highest BCUT2D eigenvalue weighted by molar-refractivity contribution is 9.10. The zero-order chi connectivity index (χ0) is 13.2. The number of benzene rings is 1. The van der Waals surface area contributed by atoms with Gasteiger partial charge in [0.1, 0.15) is 22.2 Å². The van der Waals surface area contributed by atoms with Crippen molar-refractivity contribution in [2.24, 2.45) is 0 Å². The summed E-state index contributed by atoms with van der Waals surface area (Å²) in [5, 5.41) is 0. The smallest absolute Gasteiger partial charge is 0.145 e. The summed E-state index contributed by atoms with van der Waals surface area (Å²) in [7, 11) is 0. The van der Waals surface area contributed by atoms with Crippen molar-refractivity contribution in [2.75, 3.05) is 5.73 Å². The summed E-state index contributed by atoms with van der Waals surface area (Å²) in [5.41, 5.74) is 6.88. The fourth-order valence-corrected chi connectivity index (χ4v) is 2.18. The van der Waals surface area contributed by atoms with E-state index in [1.165, 1.54) is 18.3 Å². The number of nitrogen functional groups attached to an aromatic ring is 1. The minimum atomic E-state index is -1.04. The van der Waals surface area contributed by atoms with Crippen molar-refractivity contribution >= 4 is 45.0 Å². The van der Waals surface area contributed by atoms with Gasteiger partial charge in [-0.1, -0.05) is 28.1 Å². The lowest BCUT2D eigenvalue weighted by Gasteiger charge is -2.22. The standard InChI is InChI=1S/C13H10BrFN2O.BrH/c14-13(8-18,9-1-3-11(15)4-2-9)10-5-6-17-12(16)7-10;/h1-8H,(H2,16,17);1H. The van der Waals surface area contributed by atoms with Gasteiger partial charge in [-0.3, -0.25) is 0 Å². The van der Waals surface area contributed by atoms with E-state index in [1.807, 2.05) is 0 Å². The minimum Gasteiger partial charge on any atom is -0.384 e. The molecule has 0 radical (unpaired) electrons. The molecule has 2 aromatic rings. The second-order valence-corrected chi connectivity index (χ2v) is 5.06. The molecule has 0 amide bonds. The molecule has 0 fully saturated rings. The van der Waals surface area contributed by atoms with Gasteiger partial charge in [-0.15, -0.1) is 17.0 Å². The van der Waals surface area contributed by atoms with E-state index in [0.717, 1.165) is 6.29 Å². The Morgan fingerprint density at radius 1 is 1.21 bits per heavy atom. The van der Waals surface area contributed by atoms with Gasteiger partial charge in [0.25, 0.3) is 0 Å². The monoisotopic (exact) mass is 388 g/mol. The summed E-state index contributed by atoms with van der Waals surface area (Å²) < 4.78 is 11.9. The highest BCUT2D eigenvalue weighted by atomic mass is 79.9. The predicted molar refractivity (Wildman–Crippen MR) is 81.1 cm³/mol. The molecule has 1 aromatic carbocycles. The number of pyridine rings is 1. The Labute approximate surface area is 128 Å². The molecule has 3 nitrogen and oxygen atoms in total. The SMILES string of the molecule is Br.Nc1cc(C(Br)(C=O)c2ccc(F)cc2)ccn1. The Hall–Kier alpha value is -1.27. The molecule has 2 rings (SSSR count). The van der Waals surface area contributed by atoms with E-state index in [1.54, 1.807) is 24.3 Å². The summed E-state index contributed by atoms with van der Waals surface area (Å²) in [6, 6.07) is 9.00. The maximum atomic E-state index is 12.9. The average molecular weight is 390 g/mol. The van der Waals surface area contributed by atoms with Gasteiger partial charge < -0.3 is 10.5 Å². The molecule has 100 valence electrons. The normalized spacial score (nSPS) is 13.2. The molecule has 0 saturated carbocycles. The third-order valence-corrected chi connectivity index (χ3v) is 3.73. The van der Waals surface area contributed by atoms with E-state index < -0.39 is 4.32 Å². The van der Waals surface area contributed by atoms with Gasteiger partial charge in [0.15, 0.2) is 0 Å². The number of nitrogens with two attached hydrogens (primary N) is 1. The summed E-state index contributed by atoms with van der Waals surface area (Å²) in [4.78, 5) is 15.3. The summed E-state index contributed by atoms with van der Waals surface area (Å²) in [6.45, 7) is 0. The Balaban J connectivity index is 0.00000180. The molecule has 1 aromatic heterocycles. The quantitative estimate of drug-likeness (QED) is 0.647. The van der Waals surface area contributed by atoms with E-state index in [9.17, 15) is 9.18 Å². The van der Waals surface area contributed by atoms with Crippen LogP contribution in [0.5, 0.6) is 0 Å². The Kier molecular flexibility index (Phi) is 5.20. The zero-order valence-electron chi connectivity index (χ0n) is 9.72. The van der Waals surface area contributed by atoms with Crippen LogP contribution in [-0.2, 0) is 9.12 Å². The molecule has 0 aliphatic rings. The molecule has 0 saturated heterocycles. The van der Waals surface area contributed by atoms with Crippen LogP contribution in [0, 0.1) is 5.82 Å². The van der Waals surface area contributed by atoms with Crippen molar-refractivity contribution in [1.82, 2.24) is 4.98 Å². The maximum absolute atomic E-state index is 12.9. The van der Waals surface area contributed by atoms with Crippen LogP contribution in [0.1, 0.15) is 11.1 Å². The molecule has 6 heteroatoms. The molecule has 1 heterocycles. The van der Waals surface area contributed by atoms with Crippen molar-refractivity contribution < 1.29 is 9.18 Å². The predicted octanol–water partition coefficient (Wildman–Crippen LogP) is 3.22. The van der Waals surface area contributed by atoms with Gasteiger partial charge in [-0.05, 0) is 35.4 Å². The molecule has 0 spiro atoms. The average Bonchev–Trinajstić information content (AvgIpc) is 2.38. The molecular formula is C13H11Br2FN2O. The van der Waals surface area contributed by atoms with Crippen LogP contribution < -0.4 is 5.73 Å². The number of aldehydes is 1. The van der Waals surface area contributed by atoms with Crippen LogP contribution in [0.3, 0.4) is 0 Å². The van der Waals surface area contributed by atoms with Crippen molar-refractivity contribution in [1.29, 1.82) is 0 Å². The van der Waals surface area contributed by atoms with E-state index in [0.29, 0.717) is 16.9 Å². The number of rotatable bonds is 3. The van der Waals surface area contributed by atoms with Gasteiger partial charge in [0.2, 0.25) is 0 Å². The third kappa shape index (κ3) is 3.19. The minimum absolute atomic E-state index is 0. The lowest BCUT2D eigenvalue weighted by atomic mass is 9.93. The van der Waals surface area contributed by atoms with Gasteiger partial charge in [0.05, 0.1) is 0 Å². The van der Waals surface area contributed by atoms with Gasteiger partial charge in [0, 0.05) is 6.20 Å². The van der Waals surface area contributed by atoms with Crippen molar-refractivity contribution in [2.45, 2.75) is 4.32 Å². The van der Waals surface area contributed by atoms with E-state index in [2.05, 4.69) is 20.9 Å². The molecule has 0 aliphatic heterocycles. The van der Waals surface area contributed by atoms with Crippen molar-refractivity contribution in [3.05, 3.63) is 59.5 Å². The van der Waals surface area contributed by atoms with E-state index >= 15 is 0 Å². The number of hydrogen-bond donors (Lipinski definition) is 1. The van der Waals surface area contributed by atoms with E-state index in [4.69, 9.17) is 5.73 Å². The molecule has 0 aliphatic carbocycles. The topological polar surface area (TPSA) is 56.0 Å². The molecule has 19 heavy (non-hydrogen) atoms. The molecular weight excluding hydrogens is 379 g/mol. The second kappa shape index (κ2) is 6.25. The number of carbonyl (C=O) groups excluding carboxylic acids is 1. The van der Waals surface area contributed by atoms with Crippen LogP contribution in [0.4, 0.5) is 10.2 Å². The number of aromatic nitrogens is 1. The Morgan fingerprint density at radius 3 is 2.37 bits per heavy atom. The number of anilines is 1. The van der Waals surface area contributed by atoms with Gasteiger partial charge in [-0.2, -0.15) is 0 Å². The molecule has 2 N–H and O–H groups in total. The number of hydrogen-bond acceptors (Lipinski definition) is 3. The fraction of sp³-hybridized carbons (Fsp3) is 0.0769. The van der Waals surface area contributed by atoms with Crippen LogP contribution in [0.2, 0.25) is 0 Å². The second-order valence-electron chi connectivity index (χ2n) is 3.81. The summed E-state index contributed by atoms with van der Waals surface area (Å²) in [5.74, 6) is -0.0333. The van der Waals surface area contributed by atoms with Gasteiger partial charge in [-0.25, -0.2) is 9.37 Å². The molecule has 0 bridgehead atoms. The summed E-state index contributed by atoms with van der Waals surface area (Å²) >= 11 is 3.39. The lowest BCUT2D eigenvalue weighted by Crippen LogP contribution is -2.22. The zero-order valence-corrected chi connectivity index (χ0v) is 13.0. The first kappa shape index (κ1) is 15.8. The van der Waals surface area contributed by atoms with Crippen LogP contribution >= 0.6 is 32.9 Å². The molecule has 1 unspecified atom stereocenters. The van der Waals surface area contributed by atoms with Crippen LogP contribution in [0.15, 0.2) is 42.6 Å². The number of halogens is 3. The fourth-order valence-electron chi connectivity index (χ4n) is 1.67. The van der Waals surface area contributed by atoms with Crippen LogP contribution in [0.25, 0.3) is 0 Å². The third-order valence-electron chi connectivity index (χ3n) is 2.63. The number of carbonyl (C=O) groups is 1. The van der Waals surface area contributed by atoms with Crippen molar-refractivity contribution in [3.8, 4) is 0 Å². The highest BCUT2D eigenvalue weighted by Crippen LogP contribution is 2.37. The first-order valence-electron chi connectivity index (χ1n) is 5.19. The number of nitrogens with zero attached hydrogens (tertiary/aromatic N) is 1. The van der Waals surface area contributed by atoms with Crippen molar-refractivity contribution in [3.63, 3.8) is 0 Å². The van der Waals surface area contributed by atoms with E-state index in [-0.39, 0.29) is 22.8 Å². The summed E-state index contributed by atoms with van der Waals surface area (Å²) in [6.07, 6.45) is 2.27. The largest absolute Gasteiger partial charge is 0.384 e.